The number of rotatable bonds is 9. The van der Waals surface area contributed by atoms with Gasteiger partial charge in [-0.1, -0.05) is 19.1 Å². The summed E-state index contributed by atoms with van der Waals surface area (Å²) in [7, 11) is 2.07. The van der Waals surface area contributed by atoms with Crippen LogP contribution < -0.4 is 10.6 Å². The molecule has 1 aromatic rings. The second-order valence-electron chi connectivity index (χ2n) is 7.39. The number of nitrogens with one attached hydrogen (secondary N) is 2. The quantitative estimate of drug-likeness (QED) is 0.513. The molecule has 0 saturated carbocycles. The highest BCUT2D eigenvalue weighted by Crippen LogP contribution is 2.10. The van der Waals surface area contributed by atoms with Gasteiger partial charge in [0.15, 0.2) is 5.96 Å². The first kappa shape index (κ1) is 21.6. The summed E-state index contributed by atoms with van der Waals surface area (Å²) in [5.74, 6) is 0.731. The van der Waals surface area contributed by atoms with Crippen molar-refractivity contribution in [2.75, 3.05) is 46.3 Å². The van der Waals surface area contributed by atoms with Crippen molar-refractivity contribution in [2.45, 2.75) is 45.7 Å². The summed E-state index contributed by atoms with van der Waals surface area (Å²) in [5, 5.41) is 6.96. The molecule has 1 aromatic carbocycles. The Kier molecular flexibility index (Phi) is 9.56. The largest absolute Gasteiger partial charge is 0.357 e. The number of hydrogen-bond acceptors (Lipinski definition) is 3. The lowest BCUT2D eigenvalue weighted by Gasteiger charge is -2.32. The van der Waals surface area contributed by atoms with E-state index >= 15 is 0 Å². The maximum Gasteiger partial charge on any atom is 0.191 e. The summed E-state index contributed by atoms with van der Waals surface area (Å²) >= 11 is 0. The molecular weight excluding hydrogens is 341 g/mol. The van der Waals surface area contributed by atoms with E-state index in [1.54, 1.807) is 0 Å². The third-order valence-electron chi connectivity index (χ3n) is 4.93. The molecule has 0 radical (unpaired) electrons. The number of nitrogens with zero attached hydrogens (tertiary/aromatic N) is 3. The van der Waals surface area contributed by atoms with Crippen LogP contribution in [0.2, 0.25) is 0 Å². The lowest BCUT2D eigenvalue weighted by Crippen LogP contribution is -2.49. The van der Waals surface area contributed by atoms with Crippen molar-refractivity contribution < 1.29 is 4.39 Å². The van der Waals surface area contributed by atoms with Gasteiger partial charge in [0, 0.05) is 38.8 Å². The molecule has 0 unspecified atom stereocenters. The zero-order chi connectivity index (χ0) is 19.5. The summed E-state index contributed by atoms with van der Waals surface area (Å²) in [6, 6.07) is 7.21. The minimum atomic E-state index is -0.187. The molecule has 1 saturated heterocycles. The van der Waals surface area contributed by atoms with Crippen LogP contribution in [0.25, 0.3) is 0 Å². The Bertz CT molecular complexity index is 552. The maximum atomic E-state index is 13.0. The van der Waals surface area contributed by atoms with E-state index < -0.39 is 0 Å². The topological polar surface area (TPSA) is 42.9 Å². The Hall–Kier alpha value is -1.66. The molecule has 152 valence electrons. The van der Waals surface area contributed by atoms with Crippen LogP contribution in [0.4, 0.5) is 4.39 Å². The van der Waals surface area contributed by atoms with E-state index in [0.717, 1.165) is 37.7 Å². The van der Waals surface area contributed by atoms with Gasteiger partial charge in [-0.2, -0.15) is 0 Å². The lowest BCUT2D eigenvalue weighted by molar-refractivity contribution is 0.206. The number of aliphatic imine (C=N–C) groups is 1. The van der Waals surface area contributed by atoms with Crippen LogP contribution in [-0.4, -0.2) is 68.1 Å². The number of halogens is 1. The van der Waals surface area contributed by atoms with Gasteiger partial charge in [0.25, 0.3) is 0 Å². The van der Waals surface area contributed by atoms with E-state index in [0.29, 0.717) is 6.04 Å². The number of likely N-dealkylation sites (N-methyl/N-ethyl adjacent to an activating group) is 1. The van der Waals surface area contributed by atoms with Crippen molar-refractivity contribution in [1.29, 1.82) is 0 Å². The third kappa shape index (κ3) is 8.26. The fourth-order valence-corrected chi connectivity index (χ4v) is 3.44. The SMILES string of the molecule is CCCN1CCC(NC(=NCCN(C)Cc2ccc(F)cc2)NCC)CC1. The van der Waals surface area contributed by atoms with E-state index in [-0.39, 0.29) is 5.82 Å². The zero-order valence-corrected chi connectivity index (χ0v) is 17.2. The Labute approximate surface area is 164 Å². The van der Waals surface area contributed by atoms with Gasteiger partial charge < -0.3 is 20.4 Å². The van der Waals surface area contributed by atoms with Gasteiger partial charge in [-0.25, -0.2) is 4.39 Å². The molecule has 5 nitrogen and oxygen atoms in total. The second kappa shape index (κ2) is 11.9. The second-order valence-corrected chi connectivity index (χ2v) is 7.39. The molecule has 0 spiro atoms. The number of hydrogen-bond donors (Lipinski definition) is 2. The van der Waals surface area contributed by atoms with Crippen molar-refractivity contribution in [2.24, 2.45) is 4.99 Å². The minimum absolute atomic E-state index is 0.187. The normalized spacial score (nSPS) is 16.7. The summed E-state index contributed by atoms with van der Waals surface area (Å²) < 4.78 is 13.0. The molecule has 1 heterocycles. The standard InChI is InChI=1S/C21H36FN5/c1-4-13-27-14-10-20(11-15-27)25-21(23-5-2)24-12-16-26(3)17-18-6-8-19(22)9-7-18/h6-9,20H,4-5,10-17H2,1-3H3,(H2,23,24,25). The average Bonchev–Trinajstić information content (AvgIpc) is 2.65. The van der Waals surface area contributed by atoms with Crippen LogP contribution in [0.3, 0.4) is 0 Å². The van der Waals surface area contributed by atoms with E-state index in [1.165, 1.54) is 51.0 Å². The van der Waals surface area contributed by atoms with Crippen molar-refractivity contribution in [3.8, 4) is 0 Å². The Morgan fingerprint density at radius 1 is 1.22 bits per heavy atom. The average molecular weight is 378 g/mol. The summed E-state index contributed by atoms with van der Waals surface area (Å²) in [5.41, 5.74) is 1.12. The van der Waals surface area contributed by atoms with Crippen LogP contribution in [0.15, 0.2) is 29.3 Å². The van der Waals surface area contributed by atoms with E-state index in [9.17, 15) is 4.39 Å². The van der Waals surface area contributed by atoms with Crippen molar-refractivity contribution in [1.82, 2.24) is 20.4 Å². The monoisotopic (exact) mass is 377 g/mol. The number of guanidine groups is 1. The Balaban J connectivity index is 1.74. The van der Waals surface area contributed by atoms with Gasteiger partial charge in [-0.15, -0.1) is 0 Å². The molecule has 1 aliphatic heterocycles. The molecule has 0 bridgehead atoms. The van der Waals surface area contributed by atoms with Gasteiger partial charge in [0.1, 0.15) is 5.82 Å². The number of piperidine rings is 1. The van der Waals surface area contributed by atoms with Gasteiger partial charge >= 0.3 is 0 Å². The van der Waals surface area contributed by atoms with Crippen LogP contribution in [-0.2, 0) is 6.54 Å². The van der Waals surface area contributed by atoms with E-state index in [2.05, 4.69) is 41.3 Å². The van der Waals surface area contributed by atoms with Crippen molar-refractivity contribution >= 4 is 5.96 Å². The smallest absolute Gasteiger partial charge is 0.191 e. The molecule has 1 aliphatic rings. The zero-order valence-electron chi connectivity index (χ0n) is 17.2. The molecule has 0 aromatic heterocycles. The van der Waals surface area contributed by atoms with Crippen LogP contribution in [0.5, 0.6) is 0 Å². The Morgan fingerprint density at radius 3 is 2.56 bits per heavy atom. The van der Waals surface area contributed by atoms with E-state index in [4.69, 9.17) is 4.99 Å². The minimum Gasteiger partial charge on any atom is -0.357 e. The molecule has 2 rings (SSSR count). The fraction of sp³-hybridized carbons (Fsp3) is 0.667. The van der Waals surface area contributed by atoms with Gasteiger partial charge in [0.05, 0.1) is 6.54 Å². The predicted molar refractivity (Wildman–Crippen MR) is 112 cm³/mol. The molecule has 0 amide bonds. The predicted octanol–water partition coefficient (Wildman–Crippen LogP) is 2.69. The van der Waals surface area contributed by atoms with Gasteiger partial charge in [-0.3, -0.25) is 4.99 Å². The first-order chi connectivity index (χ1) is 13.1. The molecule has 0 aliphatic carbocycles. The van der Waals surface area contributed by atoms with Crippen LogP contribution in [0.1, 0.15) is 38.7 Å². The maximum absolute atomic E-state index is 13.0. The number of benzene rings is 1. The van der Waals surface area contributed by atoms with Crippen LogP contribution in [0, 0.1) is 5.82 Å². The first-order valence-corrected chi connectivity index (χ1v) is 10.3. The summed E-state index contributed by atoms with van der Waals surface area (Å²) in [6.07, 6.45) is 3.58. The van der Waals surface area contributed by atoms with Gasteiger partial charge in [0.2, 0.25) is 0 Å². The van der Waals surface area contributed by atoms with Crippen molar-refractivity contribution in [3.63, 3.8) is 0 Å². The lowest BCUT2D eigenvalue weighted by atomic mass is 10.1. The fourth-order valence-electron chi connectivity index (χ4n) is 3.44. The highest BCUT2D eigenvalue weighted by molar-refractivity contribution is 5.80. The number of likely N-dealkylation sites (tertiary alicyclic amines) is 1. The van der Waals surface area contributed by atoms with Crippen molar-refractivity contribution in [3.05, 3.63) is 35.6 Å². The molecule has 0 atom stereocenters. The van der Waals surface area contributed by atoms with Crippen LogP contribution >= 0.6 is 0 Å². The third-order valence-corrected chi connectivity index (χ3v) is 4.93. The summed E-state index contributed by atoms with van der Waals surface area (Å²) in [6.45, 7) is 11.2. The molecular formula is C21H36FN5. The highest BCUT2D eigenvalue weighted by atomic mass is 19.1. The highest BCUT2D eigenvalue weighted by Gasteiger charge is 2.19. The molecule has 2 N–H and O–H groups in total. The molecule has 6 heteroatoms. The Morgan fingerprint density at radius 2 is 1.93 bits per heavy atom. The first-order valence-electron chi connectivity index (χ1n) is 10.3. The molecule has 27 heavy (non-hydrogen) atoms. The summed E-state index contributed by atoms with van der Waals surface area (Å²) in [4.78, 5) is 9.50. The molecule has 1 fully saturated rings. The van der Waals surface area contributed by atoms with E-state index in [1.807, 2.05) is 12.1 Å². The van der Waals surface area contributed by atoms with Gasteiger partial charge in [-0.05, 0) is 57.5 Å².